The van der Waals surface area contributed by atoms with Crippen LogP contribution in [-0.4, -0.2) is 8.42 Å². The van der Waals surface area contributed by atoms with Crippen molar-refractivity contribution in [2.75, 3.05) is 0 Å². The first-order valence-electron chi connectivity index (χ1n) is 10.8. The van der Waals surface area contributed by atoms with Gasteiger partial charge in [-0.2, -0.15) is 0 Å². The van der Waals surface area contributed by atoms with Gasteiger partial charge in [0.1, 0.15) is 0 Å². The molecular formula is C28H30N2O2RuS. The molecule has 4 nitrogen and oxygen atoms in total. The second-order valence-corrected chi connectivity index (χ2v) is 9.64. The maximum atomic E-state index is 13.1. The van der Waals surface area contributed by atoms with Gasteiger partial charge in [0.05, 0.1) is 17.0 Å². The maximum absolute atomic E-state index is 13.1. The van der Waals surface area contributed by atoms with Gasteiger partial charge in [-0.1, -0.05) is 103 Å². The van der Waals surface area contributed by atoms with Crippen molar-refractivity contribution in [3.05, 3.63) is 138 Å². The average molecular weight is 560 g/mol. The third-order valence-electron chi connectivity index (χ3n) is 5.16. The van der Waals surface area contributed by atoms with Crippen molar-refractivity contribution in [2.45, 2.75) is 30.8 Å². The van der Waals surface area contributed by atoms with Crippen LogP contribution in [0.3, 0.4) is 0 Å². The Hall–Kier alpha value is -2.63. The Labute approximate surface area is 216 Å². The smallest absolute Gasteiger partial charge is 0.241 e. The summed E-state index contributed by atoms with van der Waals surface area (Å²) in [5.41, 5.74) is 9.98. The summed E-state index contributed by atoms with van der Waals surface area (Å²) >= 11 is 0. The molecular weight excluding hydrogens is 529 g/mol. The van der Waals surface area contributed by atoms with Crippen molar-refractivity contribution in [3.63, 3.8) is 0 Å². The first kappa shape index (κ1) is 27.6. The average Bonchev–Trinajstić information content (AvgIpc) is 2.84. The standard InChI is InChI=1S/C22H24N2O2S.C6H6.Ru/c1-16-13-17(2)15-20(14-16)27(25,26)24-22(19-11-7-4-8-12-19)21(23)18-9-5-3-6-10-18;1-2-4-6-5-3-1;/h3-15,21-22,24H,23H2,1-2H3;1-6H;/t21-,22-;;/m0../s1. The van der Waals surface area contributed by atoms with E-state index in [4.69, 9.17) is 5.73 Å². The molecule has 0 spiro atoms. The molecule has 4 aromatic rings. The third kappa shape index (κ3) is 8.00. The summed E-state index contributed by atoms with van der Waals surface area (Å²) in [6.07, 6.45) is 0. The van der Waals surface area contributed by atoms with E-state index in [1.165, 1.54) is 0 Å². The minimum absolute atomic E-state index is 0. The normalized spacial score (nSPS) is 12.4. The Morgan fingerprint density at radius 3 is 1.47 bits per heavy atom. The Morgan fingerprint density at radius 2 is 1.03 bits per heavy atom. The molecule has 0 unspecified atom stereocenters. The Kier molecular flexibility index (Phi) is 10.8. The molecule has 178 valence electrons. The van der Waals surface area contributed by atoms with Crippen molar-refractivity contribution in [2.24, 2.45) is 5.73 Å². The predicted molar refractivity (Wildman–Crippen MR) is 135 cm³/mol. The molecule has 6 heteroatoms. The van der Waals surface area contributed by atoms with Crippen molar-refractivity contribution < 1.29 is 27.9 Å². The topological polar surface area (TPSA) is 72.2 Å². The van der Waals surface area contributed by atoms with E-state index >= 15 is 0 Å². The van der Waals surface area contributed by atoms with Crippen molar-refractivity contribution in [3.8, 4) is 0 Å². The summed E-state index contributed by atoms with van der Waals surface area (Å²) in [5.74, 6) is 0. The zero-order valence-corrected chi connectivity index (χ0v) is 21.8. The fraction of sp³-hybridized carbons (Fsp3) is 0.143. The number of hydrogen-bond donors (Lipinski definition) is 2. The Morgan fingerprint density at radius 1 is 0.647 bits per heavy atom. The first-order valence-corrected chi connectivity index (χ1v) is 12.3. The van der Waals surface area contributed by atoms with Gasteiger partial charge in [-0.05, 0) is 48.2 Å². The summed E-state index contributed by atoms with van der Waals surface area (Å²) in [7, 11) is -3.74. The van der Waals surface area contributed by atoms with E-state index in [1.807, 2.05) is 117 Å². The number of hydrogen-bond acceptors (Lipinski definition) is 3. The molecule has 2 atom stereocenters. The van der Waals surface area contributed by atoms with Gasteiger partial charge in [0.2, 0.25) is 10.0 Å². The minimum atomic E-state index is -3.74. The fourth-order valence-corrected chi connectivity index (χ4v) is 5.02. The van der Waals surface area contributed by atoms with Crippen molar-refractivity contribution >= 4 is 10.0 Å². The molecule has 0 bridgehead atoms. The monoisotopic (exact) mass is 560 g/mol. The fourth-order valence-electron chi connectivity index (χ4n) is 3.58. The van der Waals surface area contributed by atoms with Crippen LogP contribution in [0.4, 0.5) is 0 Å². The van der Waals surface area contributed by atoms with Crippen LogP contribution in [0.1, 0.15) is 34.3 Å². The van der Waals surface area contributed by atoms with Crippen molar-refractivity contribution in [1.29, 1.82) is 0 Å². The molecule has 0 aliphatic carbocycles. The van der Waals surface area contributed by atoms with Crippen LogP contribution < -0.4 is 10.5 Å². The van der Waals surface area contributed by atoms with Crippen LogP contribution in [0.2, 0.25) is 0 Å². The molecule has 0 amide bonds. The zero-order valence-electron chi connectivity index (χ0n) is 19.3. The molecule has 0 aliphatic rings. The number of sulfonamides is 1. The number of aryl methyl sites for hydroxylation is 2. The van der Waals surface area contributed by atoms with Gasteiger partial charge in [-0.15, -0.1) is 0 Å². The molecule has 4 rings (SSSR count). The molecule has 0 fully saturated rings. The quantitative estimate of drug-likeness (QED) is 0.298. The largest absolute Gasteiger partial charge is 0.322 e. The molecule has 0 aromatic heterocycles. The number of benzene rings is 4. The number of nitrogens with one attached hydrogen (secondary N) is 1. The summed E-state index contributed by atoms with van der Waals surface area (Å²) < 4.78 is 29.0. The van der Waals surface area contributed by atoms with Gasteiger partial charge in [-0.25, -0.2) is 13.1 Å². The van der Waals surface area contributed by atoms with Crippen LogP contribution in [0.25, 0.3) is 0 Å². The Balaban J connectivity index is 0.000000508. The summed E-state index contributed by atoms with van der Waals surface area (Å²) in [6, 6.07) is 35.1. The van der Waals surface area contributed by atoms with E-state index in [9.17, 15) is 8.42 Å². The predicted octanol–water partition coefficient (Wildman–Crippen LogP) is 5.71. The summed E-state index contributed by atoms with van der Waals surface area (Å²) in [6.45, 7) is 3.77. The molecule has 3 N–H and O–H groups in total. The Bertz CT molecular complexity index is 1190. The minimum Gasteiger partial charge on any atom is -0.322 e. The van der Waals surface area contributed by atoms with Gasteiger partial charge in [0.25, 0.3) is 0 Å². The van der Waals surface area contributed by atoms with Crippen LogP contribution in [-0.2, 0) is 29.5 Å². The van der Waals surface area contributed by atoms with E-state index in [0.717, 1.165) is 22.3 Å². The number of nitrogens with two attached hydrogens (primary N) is 1. The molecule has 0 heterocycles. The van der Waals surface area contributed by atoms with E-state index in [-0.39, 0.29) is 24.4 Å². The molecule has 0 saturated heterocycles. The van der Waals surface area contributed by atoms with Crippen LogP contribution >= 0.6 is 0 Å². The van der Waals surface area contributed by atoms with E-state index in [2.05, 4.69) is 4.72 Å². The first-order chi connectivity index (χ1) is 15.9. The molecule has 0 aliphatic heterocycles. The third-order valence-corrected chi connectivity index (χ3v) is 6.58. The summed E-state index contributed by atoms with van der Waals surface area (Å²) in [5, 5.41) is 0. The molecule has 34 heavy (non-hydrogen) atoms. The van der Waals surface area contributed by atoms with Gasteiger partial charge in [0.15, 0.2) is 0 Å². The molecule has 0 saturated carbocycles. The van der Waals surface area contributed by atoms with E-state index in [1.54, 1.807) is 12.1 Å². The van der Waals surface area contributed by atoms with Gasteiger partial charge in [0, 0.05) is 19.5 Å². The van der Waals surface area contributed by atoms with Crippen LogP contribution in [0.5, 0.6) is 0 Å². The van der Waals surface area contributed by atoms with Crippen molar-refractivity contribution in [1.82, 2.24) is 4.72 Å². The summed E-state index contributed by atoms with van der Waals surface area (Å²) in [4.78, 5) is 0.251. The van der Waals surface area contributed by atoms with Crippen LogP contribution in [0, 0.1) is 13.8 Å². The van der Waals surface area contributed by atoms with Gasteiger partial charge < -0.3 is 5.73 Å². The van der Waals surface area contributed by atoms with Crippen LogP contribution in [0.15, 0.2) is 120 Å². The zero-order chi connectivity index (χ0) is 23.7. The number of rotatable bonds is 6. The van der Waals surface area contributed by atoms with Gasteiger partial charge >= 0.3 is 0 Å². The van der Waals surface area contributed by atoms with E-state index < -0.39 is 22.1 Å². The van der Waals surface area contributed by atoms with E-state index in [0.29, 0.717) is 0 Å². The second kappa shape index (κ2) is 13.3. The maximum Gasteiger partial charge on any atom is 0.241 e. The SMILES string of the molecule is Cc1cc(C)cc(S(=O)(=O)N[C@@H](c2ccccc2)[C@@H](N)c2ccccc2)c1.[Ru].c1ccccc1. The van der Waals surface area contributed by atoms with Gasteiger partial charge in [-0.3, -0.25) is 0 Å². The molecule has 0 radical (unpaired) electrons. The molecule has 4 aromatic carbocycles. The second-order valence-electron chi connectivity index (χ2n) is 7.92.